The zero-order valence-electron chi connectivity index (χ0n) is 12.1. The lowest BCUT2D eigenvalue weighted by Gasteiger charge is -2.05. The Morgan fingerprint density at radius 3 is 2.86 bits per heavy atom. The van der Waals surface area contributed by atoms with Gasteiger partial charge in [-0.1, -0.05) is 13.8 Å². The lowest BCUT2D eigenvalue weighted by Crippen LogP contribution is -2.25. The molecule has 2 aromatic heterocycles. The maximum Gasteiger partial charge on any atom is 0.250 e. The molecule has 0 unspecified atom stereocenters. The van der Waals surface area contributed by atoms with Gasteiger partial charge in [-0.3, -0.25) is 0 Å². The van der Waals surface area contributed by atoms with E-state index in [0.29, 0.717) is 29.8 Å². The second-order valence-electron chi connectivity index (χ2n) is 4.98. The van der Waals surface area contributed by atoms with Gasteiger partial charge in [-0.05, 0) is 12.1 Å². The number of sulfonamides is 1. The van der Waals surface area contributed by atoms with Crippen LogP contribution in [-0.4, -0.2) is 31.0 Å². The number of aromatic nitrogens is 2. The minimum Gasteiger partial charge on any atom is -0.348 e. The molecule has 0 bridgehead atoms. The van der Waals surface area contributed by atoms with Crippen LogP contribution >= 0.6 is 11.3 Å². The molecular weight excluding hydrogens is 308 g/mol. The first-order chi connectivity index (χ1) is 9.97. The molecule has 116 valence electrons. The first-order valence-electron chi connectivity index (χ1n) is 6.76. The van der Waals surface area contributed by atoms with Crippen LogP contribution in [0.5, 0.6) is 0 Å². The van der Waals surface area contributed by atoms with E-state index in [1.807, 2.05) is 6.07 Å². The highest BCUT2D eigenvalue weighted by molar-refractivity contribution is 7.91. The Labute approximate surface area is 129 Å². The number of aromatic amines is 1. The summed E-state index contributed by atoms with van der Waals surface area (Å²) in [5.74, 6) is 0. The second-order valence-corrected chi connectivity index (χ2v) is 8.14. The first-order valence-corrected chi connectivity index (χ1v) is 9.06. The number of imidazole rings is 1. The first kappa shape index (κ1) is 16.2. The molecule has 2 rings (SSSR count). The normalized spacial score (nSPS) is 12.1. The Hall–Kier alpha value is -1.22. The molecule has 0 atom stereocenters. The average Bonchev–Trinajstić information content (AvgIpc) is 3.07. The van der Waals surface area contributed by atoms with Crippen molar-refractivity contribution in [2.75, 3.05) is 6.54 Å². The summed E-state index contributed by atoms with van der Waals surface area (Å²) >= 11 is 1.30. The van der Waals surface area contributed by atoms with Crippen molar-refractivity contribution in [3.63, 3.8) is 0 Å². The van der Waals surface area contributed by atoms with Gasteiger partial charge in [-0.25, -0.2) is 18.1 Å². The van der Waals surface area contributed by atoms with Gasteiger partial charge in [0.1, 0.15) is 4.21 Å². The van der Waals surface area contributed by atoms with Crippen LogP contribution in [0.3, 0.4) is 0 Å². The van der Waals surface area contributed by atoms with Crippen molar-refractivity contribution >= 4 is 21.4 Å². The summed E-state index contributed by atoms with van der Waals surface area (Å²) < 4.78 is 27.3. The highest BCUT2D eigenvalue weighted by atomic mass is 32.2. The van der Waals surface area contributed by atoms with Gasteiger partial charge in [0.25, 0.3) is 0 Å². The van der Waals surface area contributed by atoms with Gasteiger partial charge in [0, 0.05) is 42.3 Å². The van der Waals surface area contributed by atoms with E-state index in [4.69, 9.17) is 0 Å². The van der Waals surface area contributed by atoms with Crippen LogP contribution < -0.4 is 10.0 Å². The smallest absolute Gasteiger partial charge is 0.250 e. The monoisotopic (exact) mass is 328 g/mol. The summed E-state index contributed by atoms with van der Waals surface area (Å²) in [5.41, 5.74) is 0.908. The fourth-order valence-corrected chi connectivity index (χ4v) is 4.10. The third-order valence-electron chi connectivity index (χ3n) is 2.83. The molecule has 6 nitrogen and oxygen atoms in total. The molecule has 0 fully saturated rings. The van der Waals surface area contributed by atoms with Crippen molar-refractivity contribution in [2.45, 2.75) is 37.1 Å². The van der Waals surface area contributed by atoms with Gasteiger partial charge in [0.05, 0.1) is 6.33 Å². The molecule has 0 saturated carbocycles. The molecule has 0 aromatic carbocycles. The summed E-state index contributed by atoms with van der Waals surface area (Å²) in [6, 6.07) is 3.88. The number of nitrogens with one attached hydrogen (secondary N) is 3. The van der Waals surface area contributed by atoms with Crippen LogP contribution in [0.4, 0.5) is 0 Å². The van der Waals surface area contributed by atoms with E-state index < -0.39 is 10.0 Å². The molecule has 2 heterocycles. The van der Waals surface area contributed by atoms with Crippen molar-refractivity contribution in [1.29, 1.82) is 0 Å². The molecule has 21 heavy (non-hydrogen) atoms. The Balaban J connectivity index is 1.89. The van der Waals surface area contributed by atoms with E-state index in [-0.39, 0.29) is 0 Å². The third-order valence-corrected chi connectivity index (χ3v) is 5.87. The van der Waals surface area contributed by atoms with Crippen LogP contribution in [0, 0.1) is 0 Å². The Kier molecular flexibility index (Phi) is 5.51. The van der Waals surface area contributed by atoms with Crippen LogP contribution in [0.15, 0.2) is 28.9 Å². The molecule has 0 aliphatic heterocycles. The number of hydrogen-bond acceptors (Lipinski definition) is 5. The average molecular weight is 328 g/mol. The van der Waals surface area contributed by atoms with Crippen molar-refractivity contribution in [3.05, 3.63) is 35.2 Å². The Morgan fingerprint density at radius 1 is 1.38 bits per heavy atom. The predicted molar refractivity (Wildman–Crippen MR) is 83.8 cm³/mol. The van der Waals surface area contributed by atoms with Gasteiger partial charge in [-0.15, -0.1) is 11.3 Å². The van der Waals surface area contributed by atoms with E-state index in [9.17, 15) is 8.42 Å². The van der Waals surface area contributed by atoms with E-state index in [0.717, 1.165) is 10.6 Å². The maximum atomic E-state index is 12.2. The molecule has 2 aromatic rings. The topological polar surface area (TPSA) is 86.9 Å². The second kappa shape index (κ2) is 7.17. The quantitative estimate of drug-likeness (QED) is 0.685. The van der Waals surface area contributed by atoms with Gasteiger partial charge in [0.15, 0.2) is 0 Å². The lowest BCUT2D eigenvalue weighted by atomic mass is 10.3. The predicted octanol–water partition coefficient (Wildman–Crippen LogP) is 1.49. The molecule has 0 saturated heterocycles. The van der Waals surface area contributed by atoms with Crippen LogP contribution in [0.2, 0.25) is 0 Å². The summed E-state index contributed by atoms with van der Waals surface area (Å²) in [6.07, 6.45) is 3.86. The number of thiophene rings is 1. The fraction of sp³-hybridized carbons (Fsp3) is 0.462. The van der Waals surface area contributed by atoms with Crippen LogP contribution in [0.1, 0.15) is 24.4 Å². The SMILES string of the molecule is CC(C)NCc1ccc(S(=O)(=O)NCCc2cnc[nH]2)s1. The van der Waals surface area contributed by atoms with Crippen LogP contribution in [-0.2, 0) is 23.0 Å². The summed E-state index contributed by atoms with van der Waals surface area (Å²) in [5, 5.41) is 3.27. The minimum absolute atomic E-state index is 0.349. The lowest BCUT2D eigenvalue weighted by molar-refractivity contribution is 0.583. The molecule has 0 radical (unpaired) electrons. The molecule has 0 spiro atoms. The van der Waals surface area contributed by atoms with E-state index in [1.54, 1.807) is 18.6 Å². The van der Waals surface area contributed by atoms with Gasteiger partial charge in [-0.2, -0.15) is 0 Å². The van der Waals surface area contributed by atoms with Crippen LogP contribution in [0.25, 0.3) is 0 Å². The van der Waals surface area contributed by atoms with E-state index in [1.165, 1.54) is 11.3 Å². The van der Waals surface area contributed by atoms with Crippen molar-refractivity contribution in [3.8, 4) is 0 Å². The number of rotatable bonds is 8. The van der Waals surface area contributed by atoms with Crippen molar-refractivity contribution in [2.24, 2.45) is 0 Å². The Bertz CT molecular complexity index is 648. The third kappa shape index (κ3) is 4.92. The highest BCUT2D eigenvalue weighted by Crippen LogP contribution is 2.21. The fourth-order valence-electron chi connectivity index (χ4n) is 1.71. The highest BCUT2D eigenvalue weighted by Gasteiger charge is 2.16. The zero-order valence-corrected chi connectivity index (χ0v) is 13.7. The largest absolute Gasteiger partial charge is 0.348 e. The number of nitrogens with zero attached hydrogens (tertiary/aromatic N) is 1. The standard InChI is InChI=1S/C13H20N4O2S2/c1-10(2)15-8-12-3-4-13(20-12)21(18,19)17-6-5-11-7-14-9-16-11/h3-4,7,9-10,15,17H,5-6,8H2,1-2H3,(H,14,16). The van der Waals surface area contributed by atoms with E-state index >= 15 is 0 Å². The maximum absolute atomic E-state index is 12.2. The molecule has 8 heteroatoms. The van der Waals surface area contributed by atoms with Gasteiger partial charge < -0.3 is 10.3 Å². The van der Waals surface area contributed by atoms with Gasteiger partial charge in [0.2, 0.25) is 10.0 Å². The molecule has 0 amide bonds. The molecular formula is C13H20N4O2S2. The summed E-state index contributed by atoms with van der Waals surface area (Å²) in [4.78, 5) is 7.85. The Morgan fingerprint density at radius 2 is 2.19 bits per heavy atom. The van der Waals surface area contributed by atoms with Crippen molar-refractivity contribution in [1.82, 2.24) is 20.0 Å². The van der Waals surface area contributed by atoms with E-state index in [2.05, 4.69) is 33.9 Å². The minimum atomic E-state index is -3.42. The zero-order chi connectivity index (χ0) is 15.3. The number of H-pyrrole nitrogens is 1. The molecule has 3 N–H and O–H groups in total. The summed E-state index contributed by atoms with van der Waals surface area (Å²) in [6.45, 7) is 5.15. The van der Waals surface area contributed by atoms with Gasteiger partial charge >= 0.3 is 0 Å². The molecule has 0 aliphatic rings. The summed E-state index contributed by atoms with van der Waals surface area (Å²) in [7, 11) is -3.42. The molecule has 0 aliphatic carbocycles. The van der Waals surface area contributed by atoms with Crippen molar-refractivity contribution < 1.29 is 8.42 Å². The number of hydrogen-bond donors (Lipinski definition) is 3.